The van der Waals surface area contributed by atoms with Gasteiger partial charge in [-0.25, -0.2) is 0 Å². The summed E-state index contributed by atoms with van der Waals surface area (Å²) in [5.74, 6) is 1.56. The summed E-state index contributed by atoms with van der Waals surface area (Å²) >= 11 is 0. The number of aliphatic imine (C=N–C) groups is 1. The van der Waals surface area contributed by atoms with Crippen LogP contribution in [0.15, 0.2) is 4.99 Å². The van der Waals surface area contributed by atoms with Crippen molar-refractivity contribution in [2.45, 2.75) is 12.5 Å². The number of guanidine groups is 1. The van der Waals surface area contributed by atoms with E-state index in [9.17, 15) is 0 Å². The fourth-order valence-corrected chi connectivity index (χ4v) is 2.59. The molecule has 2 aliphatic rings. The summed E-state index contributed by atoms with van der Waals surface area (Å²) in [6, 6.07) is 0. The molecule has 2 saturated heterocycles. The van der Waals surface area contributed by atoms with Gasteiger partial charge in [-0.1, -0.05) is 0 Å². The lowest BCUT2D eigenvalue weighted by molar-refractivity contribution is -0.0851. The molecular weight excluding hydrogens is 246 g/mol. The number of hydrogen-bond acceptors (Lipinski definition) is 4. The first-order valence-corrected chi connectivity index (χ1v) is 6.97. The Balaban J connectivity index is 1.74. The van der Waals surface area contributed by atoms with Gasteiger partial charge in [0.1, 0.15) is 0 Å². The third kappa shape index (κ3) is 4.33. The number of nitrogens with one attached hydrogen (secondary N) is 1. The van der Waals surface area contributed by atoms with Gasteiger partial charge in [0.25, 0.3) is 0 Å². The predicted molar refractivity (Wildman–Crippen MR) is 73.5 cm³/mol. The van der Waals surface area contributed by atoms with E-state index in [-0.39, 0.29) is 6.10 Å². The largest absolute Gasteiger partial charge is 0.384 e. The van der Waals surface area contributed by atoms with Crippen molar-refractivity contribution in [2.75, 3.05) is 60.2 Å². The number of hydrogen-bond donors (Lipinski definition) is 1. The zero-order chi connectivity index (χ0) is 13.5. The molecule has 0 radical (unpaired) electrons. The molecule has 2 rings (SSSR count). The molecule has 2 atom stereocenters. The quantitative estimate of drug-likeness (QED) is 0.574. The fraction of sp³-hybridized carbons (Fsp3) is 0.923. The normalized spacial score (nSPS) is 28.7. The van der Waals surface area contributed by atoms with E-state index in [2.05, 4.69) is 15.2 Å². The van der Waals surface area contributed by atoms with Crippen LogP contribution < -0.4 is 5.32 Å². The average molecular weight is 271 g/mol. The Hall–Kier alpha value is -0.850. The summed E-state index contributed by atoms with van der Waals surface area (Å²) in [4.78, 5) is 6.63. The molecule has 0 aromatic rings. The van der Waals surface area contributed by atoms with Crippen LogP contribution in [-0.4, -0.2) is 77.2 Å². The van der Waals surface area contributed by atoms with E-state index in [0.717, 1.165) is 38.6 Å². The molecular formula is C13H25N3O3. The second kappa shape index (κ2) is 7.67. The highest BCUT2D eigenvalue weighted by molar-refractivity contribution is 5.80. The van der Waals surface area contributed by atoms with Crippen LogP contribution in [0.4, 0.5) is 0 Å². The lowest BCUT2D eigenvalue weighted by atomic mass is 10.1. The van der Waals surface area contributed by atoms with Gasteiger partial charge in [-0.05, 0) is 6.42 Å². The molecule has 6 heteroatoms. The molecule has 0 amide bonds. The van der Waals surface area contributed by atoms with Crippen LogP contribution in [0.2, 0.25) is 0 Å². The van der Waals surface area contributed by atoms with Gasteiger partial charge < -0.3 is 24.4 Å². The molecule has 0 saturated carbocycles. The zero-order valence-electron chi connectivity index (χ0n) is 11.9. The smallest absolute Gasteiger partial charge is 0.193 e. The molecule has 2 aliphatic heterocycles. The maximum atomic E-state index is 5.61. The first-order chi connectivity index (χ1) is 9.33. The van der Waals surface area contributed by atoms with Crippen LogP contribution in [0.25, 0.3) is 0 Å². The van der Waals surface area contributed by atoms with Crippen molar-refractivity contribution in [3.05, 3.63) is 0 Å². The third-order valence-corrected chi connectivity index (χ3v) is 3.57. The molecule has 0 aromatic carbocycles. The highest BCUT2D eigenvalue weighted by atomic mass is 16.6. The molecule has 0 bridgehead atoms. The minimum absolute atomic E-state index is 0.128. The molecule has 0 spiro atoms. The maximum absolute atomic E-state index is 5.61. The Kier molecular flexibility index (Phi) is 5.88. The Morgan fingerprint density at radius 2 is 2.37 bits per heavy atom. The van der Waals surface area contributed by atoms with Crippen molar-refractivity contribution in [1.29, 1.82) is 0 Å². The molecule has 19 heavy (non-hydrogen) atoms. The van der Waals surface area contributed by atoms with Gasteiger partial charge in [0.05, 0.1) is 32.5 Å². The molecule has 2 unspecified atom stereocenters. The second-order valence-electron chi connectivity index (χ2n) is 5.05. The second-order valence-corrected chi connectivity index (χ2v) is 5.05. The van der Waals surface area contributed by atoms with E-state index in [1.807, 2.05) is 7.05 Å². The highest BCUT2D eigenvalue weighted by Crippen LogP contribution is 2.16. The predicted octanol–water partition coefficient (Wildman–Crippen LogP) is -0.0545. The molecule has 0 aliphatic carbocycles. The van der Waals surface area contributed by atoms with Crippen molar-refractivity contribution in [1.82, 2.24) is 10.2 Å². The van der Waals surface area contributed by atoms with Crippen molar-refractivity contribution in [2.24, 2.45) is 10.9 Å². The molecule has 0 aromatic heterocycles. The molecule has 110 valence electrons. The first-order valence-electron chi connectivity index (χ1n) is 6.97. The van der Waals surface area contributed by atoms with Crippen LogP contribution in [0.3, 0.4) is 0 Å². The Morgan fingerprint density at radius 1 is 1.47 bits per heavy atom. The Bertz CT molecular complexity index is 293. The van der Waals surface area contributed by atoms with E-state index in [0.29, 0.717) is 25.7 Å². The van der Waals surface area contributed by atoms with Crippen LogP contribution >= 0.6 is 0 Å². The minimum Gasteiger partial charge on any atom is -0.384 e. The summed E-state index contributed by atoms with van der Waals surface area (Å²) in [7, 11) is 3.58. The lowest BCUT2D eigenvalue weighted by Crippen LogP contribution is -2.46. The van der Waals surface area contributed by atoms with Gasteiger partial charge in [0.15, 0.2) is 5.96 Å². The highest BCUT2D eigenvalue weighted by Gasteiger charge is 2.25. The van der Waals surface area contributed by atoms with E-state index in [1.54, 1.807) is 7.11 Å². The molecule has 2 heterocycles. The van der Waals surface area contributed by atoms with Crippen LogP contribution in [0, 0.1) is 5.92 Å². The van der Waals surface area contributed by atoms with Gasteiger partial charge in [0.2, 0.25) is 0 Å². The number of rotatable bonds is 4. The zero-order valence-corrected chi connectivity index (χ0v) is 11.9. The fourth-order valence-electron chi connectivity index (χ4n) is 2.59. The van der Waals surface area contributed by atoms with Crippen LogP contribution in [-0.2, 0) is 14.2 Å². The topological polar surface area (TPSA) is 55.3 Å². The van der Waals surface area contributed by atoms with Crippen LogP contribution in [0.5, 0.6) is 0 Å². The SMILES string of the molecule is CN=C(NCC1COCCO1)N1CCC(COC)C1. The first kappa shape index (κ1) is 14.6. The lowest BCUT2D eigenvalue weighted by Gasteiger charge is -2.26. The van der Waals surface area contributed by atoms with Crippen LogP contribution in [0.1, 0.15) is 6.42 Å². The van der Waals surface area contributed by atoms with Crippen molar-refractivity contribution >= 4 is 5.96 Å². The average Bonchev–Trinajstić information content (AvgIpc) is 2.90. The van der Waals surface area contributed by atoms with E-state index < -0.39 is 0 Å². The number of ether oxygens (including phenoxy) is 3. The van der Waals surface area contributed by atoms with Gasteiger partial charge in [-0.2, -0.15) is 0 Å². The standard InChI is InChI=1S/C13H25N3O3/c1-14-13(15-7-12-10-18-5-6-19-12)16-4-3-11(8-16)9-17-2/h11-12H,3-10H2,1-2H3,(H,14,15). The summed E-state index contributed by atoms with van der Waals surface area (Å²) in [5, 5.41) is 3.37. The van der Waals surface area contributed by atoms with E-state index >= 15 is 0 Å². The molecule has 6 nitrogen and oxygen atoms in total. The summed E-state index contributed by atoms with van der Waals surface area (Å²) in [6.45, 7) is 5.67. The summed E-state index contributed by atoms with van der Waals surface area (Å²) < 4.78 is 16.2. The van der Waals surface area contributed by atoms with Crippen molar-refractivity contribution in [3.8, 4) is 0 Å². The van der Waals surface area contributed by atoms with Gasteiger partial charge in [0, 0.05) is 39.7 Å². The summed E-state index contributed by atoms with van der Waals surface area (Å²) in [6.07, 6.45) is 1.29. The van der Waals surface area contributed by atoms with E-state index in [4.69, 9.17) is 14.2 Å². The van der Waals surface area contributed by atoms with Crippen molar-refractivity contribution in [3.63, 3.8) is 0 Å². The Morgan fingerprint density at radius 3 is 3.05 bits per heavy atom. The van der Waals surface area contributed by atoms with Gasteiger partial charge in [-0.15, -0.1) is 0 Å². The number of methoxy groups -OCH3 is 1. The van der Waals surface area contributed by atoms with Crippen molar-refractivity contribution < 1.29 is 14.2 Å². The number of nitrogens with zero attached hydrogens (tertiary/aromatic N) is 2. The van der Waals surface area contributed by atoms with Gasteiger partial charge >= 0.3 is 0 Å². The van der Waals surface area contributed by atoms with Gasteiger partial charge in [-0.3, -0.25) is 4.99 Å². The Labute approximate surface area is 115 Å². The molecule has 2 fully saturated rings. The molecule has 1 N–H and O–H groups in total. The third-order valence-electron chi connectivity index (χ3n) is 3.57. The number of likely N-dealkylation sites (tertiary alicyclic amines) is 1. The summed E-state index contributed by atoms with van der Waals surface area (Å²) in [5.41, 5.74) is 0. The van der Waals surface area contributed by atoms with E-state index in [1.165, 1.54) is 0 Å². The maximum Gasteiger partial charge on any atom is 0.193 e. The monoisotopic (exact) mass is 271 g/mol. The minimum atomic E-state index is 0.128.